The third kappa shape index (κ3) is 4.63. The van der Waals surface area contributed by atoms with Gasteiger partial charge in [-0.3, -0.25) is 14.3 Å². The maximum atomic E-state index is 15.0. The van der Waals surface area contributed by atoms with Crippen LogP contribution >= 0.6 is 0 Å². The fraction of sp³-hybridized carbons (Fsp3) is 0.214. The molecule has 1 fully saturated rings. The minimum atomic E-state index is -0.405. The van der Waals surface area contributed by atoms with Crippen molar-refractivity contribution in [2.24, 2.45) is 0 Å². The highest BCUT2D eigenvalue weighted by atomic mass is 19.1. The Morgan fingerprint density at radius 3 is 2.72 bits per heavy atom. The van der Waals surface area contributed by atoms with E-state index in [0.29, 0.717) is 64.8 Å². The van der Waals surface area contributed by atoms with Crippen LogP contribution in [-0.2, 0) is 0 Å². The van der Waals surface area contributed by atoms with E-state index in [1.165, 1.54) is 24.5 Å². The summed E-state index contributed by atoms with van der Waals surface area (Å²) in [4.78, 5) is 25.9. The summed E-state index contributed by atoms with van der Waals surface area (Å²) in [6.45, 7) is 2.42. The van der Waals surface area contributed by atoms with Crippen LogP contribution in [0.25, 0.3) is 28.2 Å². The Bertz CT molecular complexity index is 1670. The van der Waals surface area contributed by atoms with Crippen LogP contribution in [0.5, 0.6) is 11.5 Å². The number of aromatic hydroxyl groups is 1. The number of hydrogen-bond acceptors (Lipinski definition) is 8. The molecule has 1 aliphatic rings. The molecule has 196 valence electrons. The minimum Gasteiger partial charge on any atom is -0.506 e. The van der Waals surface area contributed by atoms with E-state index in [-0.39, 0.29) is 23.6 Å². The zero-order chi connectivity index (χ0) is 26.9. The van der Waals surface area contributed by atoms with Gasteiger partial charge < -0.3 is 15.2 Å². The molecule has 11 heteroatoms. The lowest BCUT2D eigenvalue weighted by Crippen LogP contribution is -2.44. The van der Waals surface area contributed by atoms with Crippen molar-refractivity contribution in [3.8, 4) is 28.7 Å². The Labute approximate surface area is 222 Å². The van der Waals surface area contributed by atoms with Gasteiger partial charge in [0, 0.05) is 24.2 Å². The summed E-state index contributed by atoms with van der Waals surface area (Å²) in [6.07, 6.45) is 5.60. The van der Waals surface area contributed by atoms with Gasteiger partial charge in [0.25, 0.3) is 5.91 Å². The quantitative estimate of drug-likeness (QED) is 0.324. The van der Waals surface area contributed by atoms with Gasteiger partial charge in [0.05, 0.1) is 35.8 Å². The largest absolute Gasteiger partial charge is 0.506 e. The maximum Gasteiger partial charge on any atom is 0.253 e. The van der Waals surface area contributed by atoms with Gasteiger partial charge in [-0.2, -0.15) is 0 Å². The summed E-state index contributed by atoms with van der Waals surface area (Å²) in [7, 11) is 0. The first-order chi connectivity index (χ1) is 19.0. The van der Waals surface area contributed by atoms with Gasteiger partial charge in [0.1, 0.15) is 34.4 Å². The first-order valence-corrected chi connectivity index (χ1v) is 12.6. The number of benzene rings is 1. The third-order valence-corrected chi connectivity index (χ3v) is 6.70. The van der Waals surface area contributed by atoms with E-state index in [9.17, 15) is 14.3 Å². The molecular formula is C28H24FN7O3. The predicted molar refractivity (Wildman–Crippen MR) is 140 cm³/mol. The average molecular weight is 526 g/mol. The Balaban J connectivity index is 1.25. The second kappa shape index (κ2) is 10.1. The van der Waals surface area contributed by atoms with Gasteiger partial charge in [-0.05, 0) is 50.1 Å². The molecule has 0 aliphatic heterocycles. The number of halogens is 1. The molecule has 4 heterocycles. The highest BCUT2D eigenvalue weighted by Gasteiger charge is 2.37. The Morgan fingerprint density at radius 1 is 1.10 bits per heavy atom. The van der Waals surface area contributed by atoms with E-state index in [0.717, 1.165) is 0 Å². The van der Waals surface area contributed by atoms with Crippen LogP contribution in [0, 0.1) is 5.82 Å². The van der Waals surface area contributed by atoms with Gasteiger partial charge in [-0.25, -0.2) is 14.4 Å². The predicted octanol–water partition coefficient (Wildman–Crippen LogP) is 4.19. The van der Waals surface area contributed by atoms with Crippen molar-refractivity contribution < 1.29 is 19.0 Å². The molecule has 0 bridgehead atoms. The minimum absolute atomic E-state index is 0.0202. The first kappa shape index (κ1) is 24.4. The maximum absolute atomic E-state index is 15.0. The normalized spacial score (nSPS) is 16.6. The number of amides is 1. The number of pyridine rings is 3. The number of aromatic nitrogens is 6. The number of carbonyl (C=O) groups excluding carboxylic acids is 1. The molecule has 0 atom stereocenters. The zero-order valence-corrected chi connectivity index (χ0v) is 21.0. The van der Waals surface area contributed by atoms with Gasteiger partial charge in [-0.1, -0.05) is 12.1 Å². The van der Waals surface area contributed by atoms with Gasteiger partial charge in [-0.15, -0.1) is 10.2 Å². The number of carbonyl (C=O) groups is 1. The van der Waals surface area contributed by atoms with Crippen LogP contribution in [0.2, 0.25) is 0 Å². The van der Waals surface area contributed by atoms with E-state index >= 15 is 0 Å². The van der Waals surface area contributed by atoms with Crippen molar-refractivity contribution in [2.75, 3.05) is 6.61 Å². The SMILES string of the molecule is CCOc1ccc(-c2nnc(C3CC(NC(=O)c4ccnc5cc(O)cnc45)C3)n2-c2ccccc2F)nc1. The average Bonchev–Trinajstić information content (AvgIpc) is 3.35. The van der Waals surface area contributed by atoms with E-state index < -0.39 is 5.82 Å². The van der Waals surface area contributed by atoms with Gasteiger partial charge in [0.15, 0.2) is 5.82 Å². The van der Waals surface area contributed by atoms with Crippen molar-refractivity contribution >= 4 is 16.9 Å². The lowest BCUT2D eigenvalue weighted by molar-refractivity contribution is 0.0908. The molecule has 6 rings (SSSR count). The van der Waals surface area contributed by atoms with Crippen molar-refractivity contribution in [1.29, 1.82) is 0 Å². The van der Waals surface area contributed by atoms with Crippen LogP contribution in [0.3, 0.4) is 0 Å². The molecule has 10 nitrogen and oxygen atoms in total. The first-order valence-electron chi connectivity index (χ1n) is 12.6. The second-order valence-corrected chi connectivity index (χ2v) is 9.24. The number of hydrogen-bond donors (Lipinski definition) is 2. The topological polar surface area (TPSA) is 128 Å². The number of ether oxygens (including phenoxy) is 1. The summed E-state index contributed by atoms with van der Waals surface area (Å²) < 4.78 is 22.2. The fourth-order valence-electron chi connectivity index (χ4n) is 4.77. The molecule has 2 N–H and O–H groups in total. The summed E-state index contributed by atoms with van der Waals surface area (Å²) in [5.41, 5.74) is 2.08. The highest BCUT2D eigenvalue weighted by molar-refractivity contribution is 6.04. The van der Waals surface area contributed by atoms with Crippen molar-refractivity contribution in [1.82, 2.24) is 35.0 Å². The summed E-state index contributed by atoms with van der Waals surface area (Å²) >= 11 is 0. The van der Waals surface area contributed by atoms with E-state index in [1.54, 1.807) is 47.2 Å². The fourth-order valence-corrected chi connectivity index (χ4v) is 4.77. The molecule has 1 saturated carbocycles. The number of rotatable bonds is 7. The molecule has 1 amide bonds. The molecule has 0 unspecified atom stereocenters. The smallest absolute Gasteiger partial charge is 0.253 e. The van der Waals surface area contributed by atoms with Gasteiger partial charge >= 0.3 is 0 Å². The van der Waals surface area contributed by atoms with Crippen LogP contribution in [0.1, 0.15) is 41.9 Å². The van der Waals surface area contributed by atoms with Crippen molar-refractivity contribution in [3.05, 3.63) is 84.3 Å². The number of nitrogens with zero attached hydrogens (tertiary/aromatic N) is 6. The molecule has 1 aliphatic carbocycles. The summed E-state index contributed by atoms with van der Waals surface area (Å²) in [6, 6.07) is 13.0. The Hall–Kier alpha value is -4.93. The lowest BCUT2D eigenvalue weighted by Gasteiger charge is -2.35. The lowest BCUT2D eigenvalue weighted by atomic mass is 9.79. The Morgan fingerprint density at radius 2 is 1.95 bits per heavy atom. The van der Waals surface area contributed by atoms with Crippen LogP contribution in [0.15, 0.2) is 67.1 Å². The molecule has 4 aromatic heterocycles. The van der Waals surface area contributed by atoms with Crippen molar-refractivity contribution in [2.45, 2.75) is 31.7 Å². The molecule has 0 radical (unpaired) electrons. The monoisotopic (exact) mass is 525 g/mol. The summed E-state index contributed by atoms with van der Waals surface area (Å²) in [5.74, 6) is 0.893. The molecular weight excluding hydrogens is 501 g/mol. The highest BCUT2D eigenvalue weighted by Crippen LogP contribution is 2.39. The molecule has 5 aromatic rings. The number of nitrogens with one attached hydrogen (secondary N) is 1. The van der Waals surface area contributed by atoms with Gasteiger partial charge in [0.2, 0.25) is 0 Å². The molecule has 1 aromatic carbocycles. The standard InChI is InChI=1S/C28H24FN7O3/c1-2-39-19-7-8-22(31-15-19)27-35-34-26(36(27)24-6-4-3-5-21(24)29)16-11-17(12-16)33-28(38)20-9-10-30-23-13-18(37)14-32-25(20)23/h3-10,13-17,37H,2,11-12H2,1H3,(H,33,38). The van der Waals surface area contributed by atoms with Crippen molar-refractivity contribution in [3.63, 3.8) is 0 Å². The van der Waals surface area contributed by atoms with Crippen LogP contribution < -0.4 is 10.1 Å². The Kier molecular flexibility index (Phi) is 6.31. The summed E-state index contributed by atoms with van der Waals surface area (Å²) in [5, 5.41) is 21.5. The van der Waals surface area contributed by atoms with E-state index in [1.807, 2.05) is 6.92 Å². The molecule has 0 saturated heterocycles. The molecule has 39 heavy (non-hydrogen) atoms. The number of para-hydroxylation sites is 1. The van der Waals surface area contributed by atoms with Crippen LogP contribution in [0.4, 0.5) is 4.39 Å². The van der Waals surface area contributed by atoms with E-state index in [2.05, 4.69) is 30.5 Å². The third-order valence-electron chi connectivity index (χ3n) is 6.70. The zero-order valence-electron chi connectivity index (χ0n) is 21.0. The van der Waals surface area contributed by atoms with Crippen LogP contribution in [-0.4, -0.2) is 53.4 Å². The number of fused-ring (bicyclic) bond motifs is 1. The molecule has 0 spiro atoms. The van der Waals surface area contributed by atoms with E-state index in [4.69, 9.17) is 4.74 Å². The second-order valence-electron chi connectivity index (χ2n) is 9.24.